The summed E-state index contributed by atoms with van der Waals surface area (Å²) in [7, 11) is 2.07. The number of carboxylic acid groups (broad SMARTS) is 2. The number of aromatic nitrogens is 2. The minimum absolute atomic E-state index is 0.189. The number of halogens is 6. The van der Waals surface area contributed by atoms with Gasteiger partial charge in [0.2, 0.25) is 0 Å². The minimum atomic E-state index is -5.08. The topological polar surface area (TPSA) is 121 Å². The van der Waals surface area contributed by atoms with Crippen LogP contribution >= 0.6 is 0 Å². The van der Waals surface area contributed by atoms with Gasteiger partial charge in [0.05, 0.1) is 32.6 Å². The summed E-state index contributed by atoms with van der Waals surface area (Å²) in [5.74, 6) is -2.75. The Labute approximate surface area is 219 Å². The fourth-order valence-corrected chi connectivity index (χ4v) is 4.31. The van der Waals surface area contributed by atoms with Crippen LogP contribution in [0.4, 0.5) is 26.3 Å². The molecule has 2 aromatic rings. The van der Waals surface area contributed by atoms with Crippen molar-refractivity contribution in [3.63, 3.8) is 0 Å². The average Bonchev–Trinajstić information content (AvgIpc) is 3.49. The largest absolute Gasteiger partial charge is 0.490 e. The number of imidazole rings is 1. The van der Waals surface area contributed by atoms with Crippen molar-refractivity contribution in [3.8, 4) is 0 Å². The second-order valence-corrected chi connectivity index (χ2v) is 9.34. The lowest BCUT2D eigenvalue weighted by molar-refractivity contribution is -0.193. The molecular weight excluding hydrogens is 542 g/mol. The van der Waals surface area contributed by atoms with Crippen molar-refractivity contribution < 1.29 is 55.3 Å². The van der Waals surface area contributed by atoms with E-state index in [2.05, 4.69) is 39.4 Å². The summed E-state index contributed by atoms with van der Waals surface area (Å²) in [6.45, 7) is 9.99. The maximum Gasteiger partial charge on any atom is 0.490 e. The number of aryl methyl sites for hydroxylation is 1. The third-order valence-corrected chi connectivity index (χ3v) is 6.33. The summed E-state index contributed by atoms with van der Waals surface area (Å²) < 4.78 is 77.2. The minimum Gasteiger partial charge on any atom is -0.475 e. The zero-order valence-electron chi connectivity index (χ0n) is 21.2. The Morgan fingerprint density at radius 3 is 2.15 bits per heavy atom. The van der Waals surface area contributed by atoms with Crippen LogP contribution < -0.4 is 0 Å². The second-order valence-electron chi connectivity index (χ2n) is 9.34. The van der Waals surface area contributed by atoms with Crippen molar-refractivity contribution in [1.82, 2.24) is 19.4 Å². The molecule has 39 heavy (non-hydrogen) atoms. The SMILES string of the molecule is C[C@H]1CN(Cc2ccco2)C[C@@]12COCCN(Cc1nccn1C)C2.O=C(O)C(F)(F)F.O=C(O)C(F)(F)F. The molecule has 2 aromatic heterocycles. The summed E-state index contributed by atoms with van der Waals surface area (Å²) in [6, 6.07) is 4.03. The predicted octanol–water partition coefficient (Wildman–Crippen LogP) is 3.25. The third-order valence-electron chi connectivity index (χ3n) is 6.33. The number of likely N-dealkylation sites (tertiary alicyclic amines) is 1. The van der Waals surface area contributed by atoms with Crippen molar-refractivity contribution in [3.05, 3.63) is 42.4 Å². The Hall–Kier alpha value is -3.11. The van der Waals surface area contributed by atoms with Crippen molar-refractivity contribution in [2.75, 3.05) is 39.4 Å². The van der Waals surface area contributed by atoms with E-state index in [4.69, 9.17) is 29.0 Å². The van der Waals surface area contributed by atoms with E-state index in [1.165, 1.54) is 0 Å². The fourth-order valence-electron chi connectivity index (χ4n) is 4.31. The standard InChI is InChI=1S/C19H28N4O2.2C2HF3O2/c1-16-10-23(11-17-4-3-8-25-17)14-19(16)13-22(7-9-24-15-19)12-18-20-5-6-21(18)2;2*3-2(4,5)1(6)7/h3-6,8,16H,7,9-15H2,1-2H3;2*(H,6,7)/t16-,19-;;/m0../s1. The number of carbonyl (C=O) groups is 2. The van der Waals surface area contributed by atoms with Crippen LogP contribution in [0.1, 0.15) is 18.5 Å². The van der Waals surface area contributed by atoms with E-state index in [1.807, 2.05) is 18.5 Å². The number of furan rings is 1. The molecule has 2 atom stereocenters. The molecule has 0 radical (unpaired) electrons. The van der Waals surface area contributed by atoms with Crippen molar-refractivity contribution in [2.24, 2.45) is 18.4 Å². The van der Waals surface area contributed by atoms with Gasteiger partial charge in [-0.3, -0.25) is 9.80 Å². The Morgan fingerprint density at radius 1 is 1.08 bits per heavy atom. The zero-order valence-corrected chi connectivity index (χ0v) is 21.2. The molecular formula is C23H30F6N4O6. The van der Waals surface area contributed by atoms with Gasteiger partial charge >= 0.3 is 24.3 Å². The maximum absolute atomic E-state index is 10.6. The summed E-state index contributed by atoms with van der Waals surface area (Å²) in [4.78, 5) is 27.3. The van der Waals surface area contributed by atoms with E-state index >= 15 is 0 Å². The quantitative estimate of drug-likeness (QED) is 0.532. The van der Waals surface area contributed by atoms with Crippen LogP contribution in [0.2, 0.25) is 0 Å². The van der Waals surface area contributed by atoms with Crippen LogP contribution in [-0.2, 0) is 34.5 Å². The summed E-state index contributed by atoms with van der Waals surface area (Å²) in [5, 5.41) is 14.2. The van der Waals surface area contributed by atoms with Crippen LogP contribution in [0.3, 0.4) is 0 Å². The summed E-state index contributed by atoms with van der Waals surface area (Å²) in [5.41, 5.74) is 0.189. The van der Waals surface area contributed by atoms with Crippen molar-refractivity contribution >= 4 is 11.9 Å². The van der Waals surface area contributed by atoms with Gasteiger partial charge < -0.3 is 23.9 Å². The molecule has 0 aliphatic carbocycles. The molecule has 0 unspecified atom stereocenters. The molecule has 2 aliphatic rings. The molecule has 2 saturated heterocycles. The van der Waals surface area contributed by atoms with E-state index in [9.17, 15) is 26.3 Å². The molecule has 0 aromatic carbocycles. The molecule has 2 N–H and O–H groups in total. The van der Waals surface area contributed by atoms with E-state index in [1.54, 1.807) is 6.26 Å². The first-order valence-corrected chi connectivity index (χ1v) is 11.6. The van der Waals surface area contributed by atoms with Gasteiger partial charge in [-0.1, -0.05) is 6.92 Å². The van der Waals surface area contributed by atoms with Gasteiger partial charge in [-0.2, -0.15) is 26.3 Å². The first-order valence-electron chi connectivity index (χ1n) is 11.6. The maximum atomic E-state index is 10.6. The highest BCUT2D eigenvalue weighted by Gasteiger charge is 2.46. The Morgan fingerprint density at radius 2 is 1.67 bits per heavy atom. The lowest BCUT2D eigenvalue weighted by Crippen LogP contribution is -2.43. The van der Waals surface area contributed by atoms with Crippen LogP contribution in [-0.4, -0.2) is 93.2 Å². The van der Waals surface area contributed by atoms with Gasteiger partial charge in [0.15, 0.2) is 0 Å². The Kier molecular flexibility index (Phi) is 10.9. The molecule has 16 heteroatoms. The second kappa shape index (κ2) is 13.3. The summed E-state index contributed by atoms with van der Waals surface area (Å²) in [6.07, 6.45) is -4.51. The smallest absolute Gasteiger partial charge is 0.475 e. The molecule has 0 bridgehead atoms. The number of ether oxygens (including phenoxy) is 1. The van der Waals surface area contributed by atoms with Gasteiger partial charge in [0.25, 0.3) is 0 Å². The van der Waals surface area contributed by atoms with Crippen LogP contribution in [0.5, 0.6) is 0 Å². The van der Waals surface area contributed by atoms with E-state index in [0.717, 1.165) is 64.1 Å². The highest BCUT2D eigenvalue weighted by Crippen LogP contribution is 2.39. The zero-order chi connectivity index (χ0) is 29.4. The Balaban J connectivity index is 0.000000317. The summed E-state index contributed by atoms with van der Waals surface area (Å²) >= 11 is 0. The molecule has 0 amide bonds. The van der Waals surface area contributed by atoms with Crippen LogP contribution in [0.15, 0.2) is 35.2 Å². The van der Waals surface area contributed by atoms with E-state index in [0.29, 0.717) is 5.92 Å². The first kappa shape index (κ1) is 32.1. The number of hydrogen-bond acceptors (Lipinski definition) is 7. The fraction of sp³-hybridized carbons (Fsp3) is 0.609. The van der Waals surface area contributed by atoms with Gasteiger partial charge in [-0.15, -0.1) is 0 Å². The average molecular weight is 573 g/mol. The normalized spacial score (nSPS) is 22.4. The number of nitrogens with zero attached hydrogens (tertiary/aromatic N) is 4. The van der Waals surface area contributed by atoms with Crippen LogP contribution in [0.25, 0.3) is 0 Å². The number of hydrogen-bond donors (Lipinski definition) is 2. The molecule has 2 fully saturated rings. The lowest BCUT2D eigenvalue weighted by Gasteiger charge is -2.35. The third kappa shape index (κ3) is 9.85. The highest BCUT2D eigenvalue weighted by molar-refractivity contribution is 5.73. The number of carboxylic acids is 2. The molecule has 2 aliphatic heterocycles. The highest BCUT2D eigenvalue weighted by atomic mass is 19.4. The van der Waals surface area contributed by atoms with Gasteiger partial charge in [0, 0.05) is 51.0 Å². The molecule has 4 heterocycles. The lowest BCUT2D eigenvalue weighted by atomic mass is 9.79. The van der Waals surface area contributed by atoms with E-state index in [-0.39, 0.29) is 5.41 Å². The molecule has 0 saturated carbocycles. The molecule has 220 valence electrons. The van der Waals surface area contributed by atoms with Gasteiger partial charge in [-0.05, 0) is 18.1 Å². The van der Waals surface area contributed by atoms with Gasteiger partial charge in [0.1, 0.15) is 11.6 Å². The van der Waals surface area contributed by atoms with Gasteiger partial charge in [-0.25, -0.2) is 14.6 Å². The molecule has 10 nitrogen and oxygen atoms in total. The monoisotopic (exact) mass is 572 g/mol. The van der Waals surface area contributed by atoms with E-state index < -0.39 is 24.3 Å². The molecule has 1 spiro atoms. The van der Waals surface area contributed by atoms with Crippen molar-refractivity contribution in [1.29, 1.82) is 0 Å². The first-order chi connectivity index (χ1) is 18.0. The van der Waals surface area contributed by atoms with Crippen molar-refractivity contribution in [2.45, 2.75) is 32.4 Å². The predicted molar refractivity (Wildman–Crippen MR) is 122 cm³/mol. The number of rotatable bonds is 4. The molecule has 4 rings (SSSR count). The van der Waals surface area contributed by atoms with Crippen LogP contribution in [0, 0.1) is 11.3 Å². The Bertz CT molecular complexity index is 1030. The number of alkyl halides is 6. The number of aliphatic carboxylic acids is 2.